The third-order valence-corrected chi connectivity index (χ3v) is 5.60. The third-order valence-electron chi connectivity index (χ3n) is 3.83. The van der Waals surface area contributed by atoms with Crippen LogP contribution in [0.5, 0.6) is 0 Å². The monoisotopic (exact) mass is 292 g/mol. The second-order valence-electron chi connectivity index (χ2n) is 5.62. The van der Waals surface area contributed by atoms with Gasteiger partial charge in [0.05, 0.1) is 5.25 Å². The number of ether oxygens (including phenoxy) is 1. The van der Waals surface area contributed by atoms with Gasteiger partial charge in [0, 0.05) is 26.8 Å². The molecule has 19 heavy (non-hydrogen) atoms. The lowest BCUT2D eigenvalue weighted by atomic mass is 10.0. The molecule has 1 saturated carbocycles. The highest BCUT2D eigenvalue weighted by Crippen LogP contribution is 2.48. The van der Waals surface area contributed by atoms with Crippen LogP contribution in [0, 0.1) is 5.41 Å². The van der Waals surface area contributed by atoms with Crippen LogP contribution in [0.1, 0.15) is 39.5 Å². The highest BCUT2D eigenvalue weighted by atomic mass is 32.2. The van der Waals surface area contributed by atoms with E-state index in [-0.39, 0.29) is 5.41 Å². The molecule has 5 nitrogen and oxygen atoms in total. The first-order chi connectivity index (χ1) is 8.96. The molecule has 0 aromatic rings. The second kappa shape index (κ2) is 7.57. The van der Waals surface area contributed by atoms with Crippen molar-refractivity contribution in [1.82, 2.24) is 10.0 Å². The topological polar surface area (TPSA) is 67.4 Å². The molecule has 1 aliphatic carbocycles. The quantitative estimate of drug-likeness (QED) is 0.560. The Hall–Kier alpha value is -0.170. The minimum atomic E-state index is -3.21. The van der Waals surface area contributed by atoms with Crippen molar-refractivity contribution in [1.29, 1.82) is 0 Å². The van der Waals surface area contributed by atoms with E-state index in [1.165, 1.54) is 0 Å². The molecule has 0 radical (unpaired) electrons. The third kappa shape index (κ3) is 5.77. The minimum Gasteiger partial charge on any atom is -0.385 e. The Morgan fingerprint density at radius 1 is 1.37 bits per heavy atom. The Morgan fingerprint density at radius 2 is 2.05 bits per heavy atom. The van der Waals surface area contributed by atoms with Crippen LogP contribution in [0.4, 0.5) is 0 Å². The highest BCUT2D eigenvalue weighted by Gasteiger charge is 2.42. The van der Waals surface area contributed by atoms with Gasteiger partial charge < -0.3 is 10.1 Å². The summed E-state index contributed by atoms with van der Waals surface area (Å²) in [5.41, 5.74) is 0.152. The molecule has 114 valence electrons. The van der Waals surface area contributed by atoms with Gasteiger partial charge in [0.1, 0.15) is 0 Å². The van der Waals surface area contributed by atoms with Gasteiger partial charge in [-0.05, 0) is 44.6 Å². The van der Waals surface area contributed by atoms with E-state index in [4.69, 9.17) is 4.74 Å². The zero-order chi connectivity index (χ0) is 14.4. The van der Waals surface area contributed by atoms with E-state index in [0.29, 0.717) is 19.7 Å². The summed E-state index contributed by atoms with van der Waals surface area (Å²) in [4.78, 5) is 0. The van der Waals surface area contributed by atoms with Crippen LogP contribution in [0.2, 0.25) is 0 Å². The highest BCUT2D eigenvalue weighted by molar-refractivity contribution is 7.90. The van der Waals surface area contributed by atoms with Crippen molar-refractivity contribution in [3.63, 3.8) is 0 Å². The maximum atomic E-state index is 12.1. The molecule has 0 amide bonds. The molecule has 0 saturated heterocycles. The molecular formula is C13H28N2O3S. The molecule has 0 aromatic carbocycles. The zero-order valence-corrected chi connectivity index (χ0v) is 13.2. The number of hydrogen-bond acceptors (Lipinski definition) is 4. The first kappa shape index (κ1) is 16.9. The molecule has 1 unspecified atom stereocenters. The fraction of sp³-hybridized carbons (Fsp3) is 1.00. The van der Waals surface area contributed by atoms with Crippen LogP contribution in [0.25, 0.3) is 0 Å². The molecule has 1 aliphatic rings. The summed E-state index contributed by atoms with van der Waals surface area (Å²) in [5.74, 6) is 0. The first-order valence-corrected chi connectivity index (χ1v) is 8.68. The molecule has 0 aliphatic heterocycles. The molecule has 1 atom stereocenters. The number of hydrogen-bond donors (Lipinski definition) is 2. The van der Waals surface area contributed by atoms with E-state index in [0.717, 1.165) is 32.2 Å². The predicted molar refractivity (Wildman–Crippen MR) is 77.7 cm³/mol. The van der Waals surface area contributed by atoms with Crippen LogP contribution in [-0.2, 0) is 14.8 Å². The standard InChI is InChI=1S/C13H28N2O3S/c1-4-8-14-10-12(2)19(16,17)15-11-13(5-6-13)7-9-18-3/h12,14-15H,4-11H2,1-3H3. The molecule has 6 heteroatoms. The fourth-order valence-electron chi connectivity index (χ4n) is 2.00. The Kier molecular flexibility index (Phi) is 6.73. The maximum absolute atomic E-state index is 12.1. The summed E-state index contributed by atoms with van der Waals surface area (Å²) in [7, 11) is -1.53. The van der Waals surface area contributed by atoms with E-state index in [1.54, 1.807) is 14.0 Å². The Balaban J connectivity index is 2.33. The Bertz CT molecular complexity index is 353. The molecule has 0 heterocycles. The van der Waals surface area contributed by atoms with E-state index >= 15 is 0 Å². The second-order valence-corrected chi connectivity index (χ2v) is 7.81. The molecular weight excluding hydrogens is 264 g/mol. The van der Waals surface area contributed by atoms with Crippen molar-refractivity contribution in [2.75, 3.05) is 33.4 Å². The summed E-state index contributed by atoms with van der Waals surface area (Å²) in [6.45, 7) is 6.44. The largest absolute Gasteiger partial charge is 0.385 e. The Labute approximate surface area is 117 Å². The lowest BCUT2D eigenvalue weighted by Crippen LogP contribution is -2.41. The summed E-state index contributed by atoms with van der Waals surface area (Å²) in [6.07, 6.45) is 4.15. The maximum Gasteiger partial charge on any atom is 0.215 e. The van der Waals surface area contributed by atoms with E-state index in [9.17, 15) is 8.42 Å². The van der Waals surface area contributed by atoms with Crippen molar-refractivity contribution in [3.8, 4) is 0 Å². The minimum absolute atomic E-state index is 0.152. The fourth-order valence-corrected chi connectivity index (χ4v) is 3.13. The summed E-state index contributed by atoms with van der Waals surface area (Å²) < 4.78 is 32.0. The van der Waals surface area contributed by atoms with Crippen molar-refractivity contribution < 1.29 is 13.2 Å². The van der Waals surface area contributed by atoms with Gasteiger partial charge in [0.2, 0.25) is 10.0 Å². The van der Waals surface area contributed by atoms with E-state index in [2.05, 4.69) is 17.0 Å². The van der Waals surface area contributed by atoms with Crippen molar-refractivity contribution in [3.05, 3.63) is 0 Å². The van der Waals surface area contributed by atoms with Crippen LogP contribution in [-0.4, -0.2) is 47.0 Å². The lowest BCUT2D eigenvalue weighted by molar-refractivity contribution is 0.173. The number of methoxy groups -OCH3 is 1. The van der Waals surface area contributed by atoms with Gasteiger partial charge >= 0.3 is 0 Å². The van der Waals surface area contributed by atoms with Gasteiger partial charge in [-0.3, -0.25) is 0 Å². The molecule has 0 aromatic heterocycles. The van der Waals surface area contributed by atoms with Crippen molar-refractivity contribution >= 4 is 10.0 Å². The average Bonchev–Trinajstić information content (AvgIpc) is 3.15. The number of rotatable bonds is 11. The van der Waals surface area contributed by atoms with Gasteiger partial charge in [-0.2, -0.15) is 0 Å². The van der Waals surface area contributed by atoms with Gasteiger partial charge in [-0.25, -0.2) is 13.1 Å². The first-order valence-electron chi connectivity index (χ1n) is 7.14. The molecule has 1 fully saturated rings. The smallest absolute Gasteiger partial charge is 0.215 e. The molecule has 0 bridgehead atoms. The average molecular weight is 292 g/mol. The van der Waals surface area contributed by atoms with Crippen LogP contribution >= 0.6 is 0 Å². The number of sulfonamides is 1. The predicted octanol–water partition coefficient (Wildman–Crippen LogP) is 1.11. The molecule has 0 spiro atoms. The summed E-state index contributed by atoms with van der Waals surface area (Å²) in [6, 6.07) is 0. The Morgan fingerprint density at radius 3 is 2.58 bits per heavy atom. The molecule has 2 N–H and O–H groups in total. The van der Waals surface area contributed by atoms with Crippen molar-refractivity contribution in [2.45, 2.75) is 44.8 Å². The summed E-state index contributed by atoms with van der Waals surface area (Å²) >= 11 is 0. The lowest BCUT2D eigenvalue weighted by Gasteiger charge is -2.19. The van der Waals surface area contributed by atoms with E-state index < -0.39 is 15.3 Å². The van der Waals surface area contributed by atoms with Crippen LogP contribution < -0.4 is 10.0 Å². The van der Waals surface area contributed by atoms with Gasteiger partial charge in [-0.15, -0.1) is 0 Å². The normalized spacial score (nSPS) is 19.3. The van der Waals surface area contributed by atoms with Crippen molar-refractivity contribution in [2.24, 2.45) is 5.41 Å². The number of nitrogens with one attached hydrogen (secondary N) is 2. The van der Waals surface area contributed by atoms with Gasteiger partial charge in [-0.1, -0.05) is 6.92 Å². The van der Waals surface area contributed by atoms with Gasteiger partial charge in [0.25, 0.3) is 0 Å². The zero-order valence-electron chi connectivity index (χ0n) is 12.4. The SMILES string of the molecule is CCCNCC(C)S(=O)(=O)NCC1(CCOC)CC1. The van der Waals surface area contributed by atoms with Crippen LogP contribution in [0.15, 0.2) is 0 Å². The molecule has 1 rings (SSSR count). The van der Waals surface area contributed by atoms with Gasteiger partial charge in [0.15, 0.2) is 0 Å². The summed E-state index contributed by atoms with van der Waals surface area (Å²) in [5, 5.41) is 2.76. The van der Waals surface area contributed by atoms with Crippen LogP contribution in [0.3, 0.4) is 0 Å². The van der Waals surface area contributed by atoms with E-state index in [1.807, 2.05) is 0 Å².